The SMILES string of the molecule is N#Cc1ccc2[nH]cc(C(c3ccc(C(=O)N/N=C/c4ccc(O)cc4)cc3)c3c[nH]c4ccc(C#N)cc34)c2c1. The third kappa shape index (κ3) is 4.89. The van der Waals surface area contributed by atoms with Crippen LogP contribution < -0.4 is 5.43 Å². The summed E-state index contributed by atoms with van der Waals surface area (Å²) in [5.74, 6) is -0.467. The minimum atomic E-state index is -0.361. The highest BCUT2D eigenvalue weighted by Gasteiger charge is 2.24. The van der Waals surface area contributed by atoms with Gasteiger partial charge in [-0.15, -0.1) is 0 Å². The molecule has 0 aliphatic rings. The molecule has 0 radical (unpaired) electrons. The van der Waals surface area contributed by atoms with Crippen LogP contribution in [-0.2, 0) is 0 Å². The molecule has 2 heterocycles. The van der Waals surface area contributed by atoms with E-state index in [4.69, 9.17) is 0 Å². The number of benzene rings is 4. The Hall–Kier alpha value is -6.12. The molecule has 8 nitrogen and oxygen atoms in total. The van der Waals surface area contributed by atoms with Gasteiger partial charge in [-0.25, -0.2) is 5.43 Å². The van der Waals surface area contributed by atoms with Crippen molar-refractivity contribution in [3.63, 3.8) is 0 Å². The summed E-state index contributed by atoms with van der Waals surface area (Å²) in [6.45, 7) is 0. The number of phenols is 1. The first kappa shape index (κ1) is 25.2. The molecule has 4 N–H and O–H groups in total. The largest absolute Gasteiger partial charge is 0.508 e. The summed E-state index contributed by atoms with van der Waals surface area (Å²) in [7, 11) is 0. The summed E-state index contributed by atoms with van der Waals surface area (Å²) in [5, 5.41) is 34.3. The monoisotopic (exact) mass is 534 g/mol. The van der Waals surface area contributed by atoms with Gasteiger partial charge in [0.15, 0.2) is 0 Å². The number of nitriles is 2. The van der Waals surface area contributed by atoms with Crippen LogP contribution >= 0.6 is 0 Å². The molecule has 196 valence electrons. The number of phenolic OH excluding ortho intramolecular Hbond substituents is 1. The zero-order valence-electron chi connectivity index (χ0n) is 21.6. The molecule has 0 spiro atoms. The van der Waals surface area contributed by atoms with Gasteiger partial charge in [0.2, 0.25) is 0 Å². The van der Waals surface area contributed by atoms with Crippen LogP contribution in [0.3, 0.4) is 0 Å². The number of fused-ring (bicyclic) bond motifs is 2. The Morgan fingerprint density at radius 2 is 1.37 bits per heavy atom. The maximum Gasteiger partial charge on any atom is 0.271 e. The number of aromatic hydroxyl groups is 1. The van der Waals surface area contributed by atoms with Gasteiger partial charge in [0.05, 0.1) is 29.5 Å². The van der Waals surface area contributed by atoms with Crippen LogP contribution in [-0.4, -0.2) is 27.2 Å². The number of hydrazone groups is 1. The fraction of sp³-hybridized carbons (Fsp3) is 0.0303. The maximum absolute atomic E-state index is 12.8. The highest BCUT2D eigenvalue weighted by atomic mass is 16.3. The van der Waals surface area contributed by atoms with Crippen LogP contribution in [0.15, 0.2) is 102 Å². The first-order valence-corrected chi connectivity index (χ1v) is 12.8. The lowest BCUT2D eigenvalue weighted by Crippen LogP contribution is -2.17. The minimum Gasteiger partial charge on any atom is -0.508 e. The minimum absolute atomic E-state index is 0.154. The van der Waals surface area contributed by atoms with Gasteiger partial charge in [-0.3, -0.25) is 4.79 Å². The predicted octanol–water partition coefficient (Wildman–Crippen LogP) is 6.04. The summed E-state index contributed by atoms with van der Waals surface area (Å²) < 4.78 is 0. The number of rotatable bonds is 6. The van der Waals surface area contributed by atoms with Gasteiger partial charge < -0.3 is 15.1 Å². The number of aromatic nitrogens is 2. The topological polar surface area (TPSA) is 141 Å². The average Bonchev–Trinajstić information content (AvgIpc) is 3.62. The molecule has 0 aliphatic carbocycles. The first-order valence-electron chi connectivity index (χ1n) is 12.8. The molecule has 6 aromatic rings. The fourth-order valence-electron chi connectivity index (χ4n) is 5.05. The van der Waals surface area contributed by atoms with E-state index in [1.807, 2.05) is 48.8 Å². The van der Waals surface area contributed by atoms with Crippen molar-refractivity contribution < 1.29 is 9.90 Å². The number of nitrogens with zero attached hydrogens (tertiary/aromatic N) is 3. The summed E-state index contributed by atoms with van der Waals surface area (Å²) in [5.41, 5.74) is 9.50. The van der Waals surface area contributed by atoms with Gasteiger partial charge in [-0.2, -0.15) is 15.6 Å². The van der Waals surface area contributed by atoms with Gasteiger partial charge in [0, 0.05) is 45.7 Å². The lowest BCUT2D eigenvalue weighted by Gasteiger charge is -2.18. The van der Waals surface area contributed by atoms with E-state index < -0.39 is 0 Å². The van der Waals surface area contributed by atoms with Crippen LogP contribution in [0, 0.1) is 22.7 Å². The molecule has 0 fully saturated rings. The predicted molar refractivity (Wildman–Crippen MR) is 157 cm³/mol. The summed E-state index contributed by atoms with van der Waals surface area (Å²) in [4.78, 5) is 19.4. The molecule has 0 unspecified atom stereocenters. The smallest absolute Gasteiger partial charge is 0.271 e. The molecular weight excluding hydrogens is 512 g/mol. The standard InChI is InChI=1S/C33H22N6O2/c34-15-21-3-11-30-26(13-21)28(18-36-30)32(29-19-37-31-12-4-22(16-35)14-27(29)31)23-5-7-24(8-6-23)33(41)39-38-17-20-1-9-25(40)10-2-20/h1-14,17-19,32,36-37,40H,(H,39,41)/b38-17+. The summed E-state index contributed by atoms with van der Waals surface area (Å²) in [6.07, 6.45) is 5.39. The third-order valence-corrected chi connectivity index (χ3v) is 7.09. The molecule has 0 saturated carbocycles. The number of aromatic amines is 2. The van der Waals surface area contributed by atoms with Crippen molar-refractivity contribution in [2.75, 3.05) is 0 Å². The number of nitrogens with one attached hydrogen (secondary N) is 3. The first-order chi connectivity index (χ1) is 20.0. The molecule has 41 heavy (non-hydrogen) atoms. The normalized spacial score (nSPS) is 11.2. The van der Waals surface area contributed by atoms with E-state index >= 15 is 0 Å². The van der Waals surface area contributed by atoms with Crippen molar-refractivity contribution in [2.24, 2.45) is 5.10 Å². The number of hydrogen-bond donors (Lipinski definition) is 4. The molecule has 6 rings (SSSR count). The Kier molecular flexibility index (Phi) is 6.49. The van der Waals surface area contributed by atoms with Crippen LogP contribution in [0.5, 0.6) is 5.75 Å². The van der Waals surface area contributed by atoms with Crippen molar-refractivity contribution in [2.45, 2.75) is 5.92 Å². The van der Waals surface area contributed by atoms with E-state index in [0.717, 1.165) is 44.1 Å². The Labute approximate surface area is 234 Å². The van der Waals surface area contributed by atoms with E-state index in [9.17, 15) is 20.4 Å². The molecule has 1 amide bonds. The molecule has 0 bridgehead atoms. The Morgan fingerprint density at radius 3 is 1.90 bits per heavy atom. The quantitative estimate of drug-likeness (QED) is 0.153. The van der Waals surface area contributed by atoms with E-state index in [1.54, 1.807) is 48.5 Å². The van der Waals surface area contributed by atoms with E-state index in [1.165, 1.54) is 6.21 Å². The molecule has 0 aliphatic heterocycles. The number of H-pyrrole nitrogens is 2. The number of carbonyl (C=O) groups excluding carboxylic acids is 1. The van der Waals surface area contributed by atoms with Crippen molar-refractivity contribution in [3.8, 4) is 17.9 Å². The molecular formula is C33H22N6O2. The Morgan fingerprint density at radius 1 is 0.805 bits per heavy atom. The van der Waals surface area contributed by atoms with E-state index in [2.05, 4.69) is 32.6 Å². The van der Waals surface area contributed by atoms with E-state index in [0.29, 0.717) is 16.7 Å². The second-order valence-electron chi connectivity index (χ2n) is 9.58. The van der Waals surface area contributed by atoms with Crippen molar-refractivity contribution in [3.05, 3.63) is 136 Å². The van der Waals surface area contributed by atoms with Crippen molar-refractivity contribution >= 4 is 33.9 Å². The number of hydrogen-bond acceptors (Lipinski definition) is 5. The lowest BCUT2D eigenvalue weighted by molar-refractivity contribution is 0.0955. The van der Waals surface area contributed by atoms with Crippen LogP contribution in [0.1, 0.15) is 49.7 Å². The molecule has 0 atom stereocenters. The van der Waals surface area contributed by atoms with Gasteiger partial charge in [0.25, 0.3) is 5.91 Å². The van der Waals surface area contributed by atoms with Gasteiger partial charge in [0.1, 0.15) is 5.75 Å². The molecule has 2 aromatic heterocycles. The maximum atomic E-state index is 12.8. The third-order valence-electron chi connectivity index (χ3n) is 7.09. The number of carbonyl (C=O) groups is 1. The molecule has 4 aromatic carbocycles. The van der Waals surface area contributed by atoms with Crippen LogP contribution in [0.25, 0.3) is 21.8 Å². The Balaban J connectivity index is 1.38. The summed E-state index contributed by atoms with van der Waals surface area (Å²) in [6, 6.07) is 29.3. The van der Waals surface area contributed by atoms with Crippen molar-refractivity contribution in [1.82, 2.24) is 15.4 Å². The molecule has 8 heteroatoms. The highest BCUT2D eigenvalue weighted by Crippen LogP contribution is 2.40. The second kappa shape index (κ2) is 10.6. The number of amides is 1. The molecule has 0 saturated heterocycles. The van der Waals surface area contributed by atoms with Crippen LogP contribution in [0.2, 0.25) is 0 Å². The zero-order valence-corrected chi connectivity index (χ0v) is 21.6. The van der Waals surface area contributed by atoms with Crippen LogP contribution in [0.4, 0.5) is 0 Å². The van der Waals surface area contributed by atoms with Crippen molar-refractivity contribution in [1.29, 1.82) is 10.5 Å². The van der Waals surface area contributed by atoms with Gasteiger partial charge in [-0.1, -0.05) is 12.1 Å². The second-order valence-corrected chi connectivity index (χ2v) is 9.58. The van der Waals surface area contributed by atoms with E-state index in [-0.39, 0.29) is 17.6 Å². The van der Waals surface area contributed by atoms with Gasteiger partial charge in [-0.05, 0) is 95.1 Å². The lowest BCUT2D eigenvalue weighted by atomic mass is 9.84. The Bertz CT molecular complexity index is 1930. The summed E-state index contributed by atoms with van der Waals surface area (Å²) >= 11 is 0. The fourth-order valence-corrected chi connectivity index (χ4v) is 5.05. The highest BCUT2D eigenvalue weighted by molar-refractivity contribution is 5.95. The van der Waals surface area contributed by atoms with Gasteiger partial charge >= 0.3 is 0 Å². The average molecular weight is 535 g/mol. The zero-order chi connectivity index (χ0) is 28.3.